The number of benzene rings is 1. The number of hydrogen-bond donors (Lipinski definition) is 1. The predicted molar refractivity (Wildman–Crippen MR) is 76.5 cm³/mol. The molecule has 0 saturated carbocycles. The minimum Gasteiger partial charge on any atom is -0.388 e. The smallest absolute Gasteiger partial charge is 0.246 e. The fraction of sp³-hybridized carbons (Fsp3) is 0.438. The van der Waals surface area contributed by atoms with E-state index >= 15 is 0 Å². The van der Waals surface area contributed by atoms with Crippen LogP contribution >= 0.6 is 0 Å². The number of carbonyl (C=O) groups is 1. The van der Waals surface area contributed by atoms with Crippen LogP contribution in [-0.4, -0.2) is 34.1 Å². The van der Waals surface area contributed by atoms with Crippen molar-refractivity contribution >= 4 is 12.0 Å². The maximum Gasteiger partial charge on any atom is 0.246 e. The van der Waals surface area contributed by atoms with Crippen LogP contribution in [0.25, 0.3) is 6.08 Å². The van der Waals surface area contributed by atoms with E-state index in [-0.39, 0.29) is 17.8 Å². The summed E-state index contributed by atoms with van der Waals surface area (Å²) in [7, 11) is 0. The van der Waals surface area contributed by atoms with E-state index in [0.717, 1.165) is 18.4 Å². The van der Waals surface area contributed by atoms with E-state index in [4.69, 9.17) is 0 Å². The highest BCUT2D eigenvalue weighted by Gasteiger charge is 2.37. The number of amides is 1. The van der Waals surface area contributed by atoms with Crippen molar-refractivity contribution in [2.45, 2.75) is 38.3 Å². The first-order valence-electron chi connectivity index (χ1n) is 6.84. The molecule has 20 heavy (non-hydrogen) atoms. The predicted octanol–water partition coefficient (Wildman–Crippen LogP) is 2.60. The lowest BCUT2D eigenvalue weighted by Gasteiger charge is -2.33. The van der Waals surface area contributed by atoms with Crippen molar-refractivity contribution < 1.29 is 14.3 Å². The maximum atomic E-state index is 12.8. The molecule has 0 spiro atoms. The normalized spacial score (nSPS) is 19.8. The summed E-state index contributed by atoms with van der Waals surface area (Å²) in [4.78, 5) is 13.9. The Labute approximate surface area is 118 Å². The van der Waals surface area contributed by atoms with Crippen molar-refractivity contribution in [2.75, 3.05) is 6.54 Å². The van der Waals surface area contributed by atoms with Gasteiger partial charge in [0.1, 0.15) is 5.82 Å². The Balaban J connectivity index is 2.06. The third-order valence-electron chi connectivity index (χ3n) is 3.64. The summed E-state index contributed by atoms with van der Waals surface area (Å²) >= 11 is 0. The number of nitrogens with zero attached hydrogens (tertiary/aromatic N) is 1. The van der Waals surface area contributed by atoms with Crippen LogP contribution < -0.4 is 0 Å². The largest absolute Gasteiger partial charge is 0.388 e. The van der Waals surface area contributed by atoms with E-state index in [1.54, 1.807) is 37.0 Å². The first-order chi connectivity index (χ1) is 9.38. The lowest BCUT2D eigenvalue weighted by Crippen LogP contribution is -2.47. The monoisotopic (exact) mass is 277 g/mol. The van der Waals surface area contributed by atoms with Crippen LogP contribution in [0.5, 0.6) is 0 Å². The summed E-state index contributed by atoms with van der Waals surface area (Å²) in [6, 6.07) is 5.82. The molecule has 3 nitrogen and oxygen atoms in total. The third kappa shape index (κ3) is 3.45. The van der Waals surface area contributed by atoms with Gasteiger partial charge in [0.2, 0.25) is 5.91 Å². The summed E-state index contributed by atoms with van der Waals surface area (Å²) in [5.41, 5.74) is -0.116. The van der Waals surface area contributed by atoms with Gasteiger partial charge >= 0.3 is 0 Å². The first kappa shape index (κ1) is 14.7. The SMILES string of the molecule is CC(C)(O)C1CCCN1C(=O)/C=C/c1ccc(F)cc1. The second kappa shape index (κ2) is 5.75. The molecule has 1 unspecified atom stereocenters. The van der Waals surface area contributed by atoms with Crippen molar-refractivity contribution in [3.8, 4) is 0 Å². The molecule has 1 aromatic rings. The molecule has 1 aliphatic heterocycles. The number of hydrogen-bond acceptors (Lipinski definition) is 2. The van der Waals surface area contributed by atoms with E-state index < -0.39 is 5.60 Å². The Kier molecular flexibility index (Phi) is 4.23. The van der Waals surface area contributed by atoms with E-state index in [1.165, 1.54) is 18.2 Å². The van der Waals surface area contributed by atoms with Gasteiger partial charge in [0.05, 0.1) is 11.6 Å². The average molecular weight is 277 g/mol. The van der Waals surface area contributed by atoms with Gasteiger partial charge in [-0.3, -0.25) is 4.79 Å². The Hall–Kier alpha value is -1.68. The highest BCUT2D eigenvalue weighted by molar-refractivity contribution is 5.92. The van der Waals surface area contributed by atoms with Gasteiger partial charge in [0, 0.05) is 12.6 Å². The van der Waals surface area contributed by atoms with Crippen molar-refractivity contribution in [2.24, 2.45) is 0 Å². The molecular formula is C16H20FNO2. The summed E-state index contributed by atoms with van der Waals surface area (Å²) in [5, 5.41) is 10.1. The fourth-order valence-electron chi connectivity index (χ4n) is 2.60. The van der Waals surface area contributed by atoms with Crippen LogP contribution in [0, 0.1) is 5.82 Å². The second-order valence-corrected chi connectivity index (χ2v) is 5.73. The lowest BCUT2D eigenvalue weighted by molar-refractivity contribution is -0.131. The zero-order valence-corrected chi connectivity index (χ0v) is 11.8. The van der Waals surface area contributed by atoms with Crippen LogP contribution in [0.15, 0.2) is 30.3 Å². The molecule has 108 valence electrons. The third-order valence-corrected chi connectivity index (χ3v) is 3.64. The highest BCUT2D eigenvalue weighted by atomic mass is 19.1. The van der Waals surface area contributed by atoms with Gasteiger partial charge in [-0.2, -0.15) is 0 Å². The molecular weight excluding hydrogens is 257 g/mol. The maximum absolute atomic E-state index is 12.8. The minimum absolute atomic E-state index is 0.112. The van der Waals surface area contributed by atoms with Gasteiger partial charge < -0.3 is 10.0 Å². The molecule has 0 aliphatic carbocycles. The molecule has 1 N–H and O–H groups in total. The first-order valence-corrected chi connectivity index (χ1v) is 6.84. The number of aliphatic hydroxyl groups is 1. The van der Waals surface area contributed by atoms with E-state index in [2.05, 4.69) is 0 Å². The van der Waals surface area contributed by atoms with Gasteiger partial charge in [0.15, 0.2) is 0 Å². The topological polar surface area (TPSA) is 40.5 Å². The van der Waals surface area contributed by atoms with Crippen molar-refractivity contribution in [1.82, 2.24) is 4.90 Å². The summed E-state index contributed by atoms with van der Waals surface area (Å²) in [6.07, 6.45) is 4.88. The van der Waals surface area contributed by atoms with Gasteiger partial charge in [-0.05, 0) is 50.5 Å². The summed E-state index contributed by atoms with van der Waals surface area (Å²) in [6.45, 7) is 4.13. The Morgan fingerprint density at radius 1 is 1.40 bits per heavy atom. The number of rotatable bonds is 3. The Morgan fingerprint density at radius 2 is 2.05 bits per heavy atom. The molecule has 0 radical (unpaired) electrons. The quantitative estimate of drug-likeness (QED) is 0.863. The lowest BCUT2D eigenvalue weighted by atomic mass is 9.96. The molecule has 1 aromatic carbocycles. The van der Waals surface area contributed by atoms with E-state index in [0.29, 0.717) is 6.54 Å². The molecule has 0 bridgehead atoms. The van der Waals surface area contributed by atoms with Crippen LogP contribution in [0.4, 0.5) is 4.39 Å². The second-order valence-electron chi connectivity index (χ2n) is 5.73. The summed E-state index contributed by atoms with van der Waals surface area (Å²) < 4.78 is 12.8. The molecule has 1 saturated heterocycles. The van der Waals surface area contributed by atoms with Gasteiger partial charge in [-0.25, -0.2) is 4.39 Å². The average Bonchev–Trinajstić information content (AvgIpc) is 2.87. The molecule has 1 heterocycles. The number of likely N-dealkylation sites (tertiary alicyclic amines) is 1. The van der Waals surface area contributed by atoms with Crippen molar-refractivity contribution in [3.63, 3.8) is 0 Å². The van der Waals surface area contributed by atoms with E-state index in [1.807, 2.05) is 0 Å². The number of halogens is 1. The minimum atomic E-state index is -0.893. The fourth-order valence-corrected chi connectivity index (χ4v) is 2.60. The van der Waals surface area contributed by atoms with Crippen LogP contribution in [-0.2, 0) is 4.79 Å². The molecule has 1 amide bonds. The molecule has 4 heteroatoms. The Bertz CT molecular complexity index is 502. The van der Waals surface area contributed by atoms with Crippen LogP contribution in [0.1, 0.15) is 32.3 Å². The molecule has 1 aliphatic rings. The van der Waals surface area contributed by atoms with Crippen LogP contribution in [0.3, 0.4) is 0 Å². The standard InChI is InChI=1S/C16H20FNO2/c1-16(2,20)14-4-3-11-18(14)15(19)10-7-12-5-8-13(17)9-6-12/h5-10,14,20H,3-4,11H2,1-2H3/b10-7+. The summed E-state index contributed by atoms with van der Waals surface area (Å²) in [5.74, 6) is -0.408. The van der Waals surface area contributed by atoms with Gasteiger partial charge in [-0.15, -0.1) is 0 Å². The molecule has 2 rings (SSSR count). The van der Waals surface area contributed by atoms with Crippen LogP contribution in [0.2, 0.25) is 0 Å². The van der Waals surface area contributed by atoms with Crippen molar-refractivity contribution in [1.29, 1.82) is 0 Å². The molecule has 0 aromatic heterocycles. The zero-order valence-electron chi connectivity index (χ0n) is 11.8. The van der Waals surface area contributed by atoms with Crippen molar-refractivity contribution in [3.05, 3.63) is 41.7 Å². The van der Waals surface area contributed by atoms with Gasteiger partial charge in [0.25, 0.3) is 0 Å². The molecule has 1 atom stereocenters. The zero-order chi connectivity index (χ0) is 14.8. The number of carbonyl (C=O) groups excluding carboxylic acids is 1. The Morgan fingerprint density at radius 3 is 2.65 bits per heavy atom. The highest BCUT2D eigenvalue weighted by Crippen LogP contribution is 2.27. The van der Waals surface area contributed by atoms with Gasteiger partial charge in [-0.1, -0.05) is 12.1 Å². The van der Waals surface area contributed by atoms with E-state index in [9.17, 15) is 14.3 Å². The molecule has 1 fully saturated rings.